The van der Waals surface area contributed by atoms with Crippen LogP contribution < -0.4 is 18.7 Å². The van der Waals surface area contributed by atoms with Gasteiger partial charge >= 0.3 is 0 Å². The number of methoxy groups -OCH3 is 1. The first-order valence-electron chi connectivity index (χ1n) is 6.85. The first kappa shape index (κ1) is 17.2. The molecule has 0 spiro atoms. The number of benzene rings is 1. The quantitative estimate of drug-likeness (QED) is 0.508. The van der Waals surface area contributed by atoms with Crippen molar-refractivity contribution in [3.63, 3.8) is 0 Å². The van der Waals surface area contributed by atoms with Gasteiger partial charge in [0.05, 0.1) is 17.4 Å². The number of likely N-dealkylation sites (tertiary alicyclic amines) is 1. The van der Waals surface area contributed by atoms with E-state index in [1.807, 2.05) is 17.0 Å². The summed E-state index contributed by atoms with van der Waals surface area (Å²) in [5, 5.41) is 1.15. The molecule has 0 amide bonds. The lowest BCUT2D eigenvalue weighted by Gasteiger charge is -2.15. The first-order chi connectivity index (χ1) is 11.0. The average molecular weight is 379 g/mol. The second-order valence-corrected chi connectivity index (χ2v) is 8.94. The van der Waals surface area contributed by atoms with E-state index in [4.69, 9.17) is 4.74 Å². The topological polar surface area (TPSA) is 103 Å². The predicted octanol–water partition coefficient (Wildman–Crippen LogP) is -0.615. The summed E-state index contributed by atoms with van der Waals surface area (Å²) in [5.41, 5.74) is 0.825. The van der Waals surface area contributed by atoms with Gasteiger partial charge in [0, 0.05) is 29.4 Å². The van der Waals surface area contributed by atoms with Gasteiger partial charge in [0.25, 0.3) is 0 Å². The Labute approximate surface area is 142 Å². The smallest absolute Gasteiger partial charge is 0.211 e. The Kier molecular flexibility index (Phi) is 5.29. The zero-order chi connectivity index (χ0) is 16.4. The summed E-state index contributed by atoms with van der Waals surface area (Å²) < 4.78 is 42.7. The third-order valence-electron chi connectivity index (χ3n) is 3.35. The lowest BCUT2D eigenvalue weighted by molar-refractivity contribution is -1.91. The van der Waals surface area contributed by atoms with E-state index in [9.17, 15) is 14.0 Å². The van der Waals surface area contributed by atoms with Gasteiger partial charge in [-0.3, -0.25) is 4.90 Å². The van der Waals surface area contributed by atoms with Gasteiger partial charge in [-0.05, 0) is 37.1 Å². The summed E-state index contributed by atoms with van der Waals surface area (Å²) >= 11 is 0. The number of hydrogen-bond donors (Lipinski definition) is 0. The fraction of sp³-hybridized carbons (Fsp3) is 0.385. The van der Waals surface area contributed by atoms with Crippen molar-refractivity contribution in [1.29, 1.82) is 0 Å². The standard InChI is InChI=1S/C13H15ClN2O5S2/c1-20-11-6-4-10(5-7-11)12-15-13(16-8-2-3-9-16)23(22-12)21-14(17,18)19/h4-7H,2-3,8-9H2,1H3. The molecule has 0 aromatic heterocycles. The molecule has 0 bridgehead atoms. The van der Waals surface area contributed by atoms with Crippen molar-refractivity contribution in [3.05, 3.63) is 29.8 Å². The molecule has 2 aliphatic heterocycles. The number of halogens is 1. The molecule has 2 heterocycles. The van der Waals surface area contributed by atoms with Gasteiger partial charge in [-0.25, -0.2) is 4.99 Å². The molecule has 10 heteroatoms. The summed E-state index contributed by atoms with van der Waals surface area (Å²) in [6.45, 7) is 1.58. The van der Waals surface area contributed by atoms with Crippen LogP contribution in [-0.2, 0) is 3.74 Å². The summed E-state index contributed by atoms with van der Waals surface area (Å²) in [4.78, 5) is 6.50. The zero-order valence-electron chi connectivity index (χ0n) is 12.3. The molecule has 0 N–H and O–H groups in total. The lowest BCUT2D eigenvalue weighted by atomic mass is 10.2. The van der Waals surface area contributed by atoms with Crippen LogP contribution in [0.5, 0.6) is 5.75 Å². The zero-order valence-corrected chi connectivity index (χ0v) is 14.7. The van der Waals surface area contributed by atoms with Crippen molar-refractivity contribution in [1.82, 2.24) is 4.90 Å². The highest BCUT2D eigenvalue weighted by Crippen LogP contribution is 2.44. The molecular weight excluding hydrogens is 364 g/mol. The molecule has 1 atom stereocenters. The summed E-state index contributed by atoms with van der Waals surface area (Å²) in [7, 11) is -3.02. The lowest BCUT2D eigenvalue weighted by Crippen LogP contribution is -2.60. The van der Waals surface area contributed by atoms with Crippen LogP contribution in [0.1, 0.15) is 18.4 Å². The van der Waals surface area contributed by atoms with Crippen LogP contribution >= 0.6 is 20.6 Å². The molecule has 1 fully saturated rings. The van der Waals surface area contributed by atoms with Crippen LogP contribution in [0.4, 0.5) is 0 Å². The molecular formula is C13H15ClN2O5S2. The van der Waals surface area contributed by atoms with Crippen LogP contribution in [-0.4, -0.2) is 35.3 Å². The van der Waals surface area contributed by atoms with Crippen molar-refractivity contribution >= 4 is 30.7 Å². The van der Waals surface area contributed by atoms with Crippen molar-refractivity contribution in [2.75, 3.05) is 20.2 Å². The van der Waals surface area contributed by atoms with Crippen LogP contribution in [0.3, 0.4) is 0 Å². The van der Waals surface area contributed by atoms with Crippen molar-refractivity contribution in [2.24, 2.45) is 4.99 Å². The maximum Gasteiger partial charge on any atom is 0.211 e. The predicted molar refractivity (Wildman–Crippen MR) is 81.6 cm³/mol. The number of aliphatic imine (C=N–C) groups is 1. The van der Waals surface area contributed by atoms with Gasteiger partial charge < -0.3 is 4.74 Å². The molecule has 1 unspecified atom stereocenters. The van der Waals surface area contributed by atoms with Crippen LogP contribution in [0, 0.1) is 10.2 Å². The van der Waals surface area contributed by atoms with Crippen molar-refractivity contribution in [3.8, 4) is 5.75 Å². The van der Waals surface area contributed by atoms with Crippen molar-refractivity contribution < 1.29 is 32.7 Å². The van der Waals surface area contributed by atoms with E-state index in [1.165, 1.54) is 0 Å². The minimum atomic E-state index is -4.50. The average Bonchev–Trinajstić information content (AvgIpc) is 3.15. The third-order valence-corrected chi connectivity index (χ3v) is 7.55. The maximum atomic E-state index is 11.0. The largest absolute Gasteiger partial charge is 0.497 e. The van der Waals surface area contributed by atoms with Gasteiger partial charge in [-0.1, -0.05) is 0 Å². The monoisotopic (exact) mass is 378 g/mol. The number of ether oxygens (including phenoxy) is 1. The van der Waals surface area contributed by atoms with Gasteiger partial charge in [0.1, 0.15) is 10.8 Å². The van der Waals surface area contributed by atoms with E-state index in [2.05, 4.69) is 8.73 Å². The van der Waals surface area contributed by atoms with Gasteiger partial charge in [-0.2, -0.15) is 14.0 Å². The molecule has 0 saturated carbocycles. The minimum absolute atomic E-state index is 0.519. The fourth-order valence-corrected chi connectivity index (χ4v) is 6.65. The number of nitrogens with zero attached hydrogens (tertiary/aromatic N) is 2. The van der Waals surface area contributed by atoms with Crippen molar-refractivity contribution in [2.45, 2.75) is 12.8 Å². The second-order valence-electron chi connectivity index (χ2n) is 4.88. The Balaban J connectivity index is 1.85. The van der Waals surface area contributed by atoms with E-state index in [-0.39, 0.29) is 0 Å². The molecule has 1 aromatic carbocycles. The SMILES string of the molecule is COc1ccc(C2=NC(N3CCCC3)=S(O[Cl+3]([O-])([O-])[O-])S2)cc1. The van der Waals surface area contributed by atoms with Crippen LogP contribution in [0.25, 0.3) is 0 Å². The minimum Gasteiger partial charge on any atom is -0.497 e. The van der Waals surface area contributed by atoms with Crippen LogP contribution in [0.15, 0.2) is 29.3 Å². The highest BCUT2D eigenvalue weighted by Gasteiger charge is 2.35. The highest BCUT2D eigenvalue weighted by atomic mass is 35.7. The molecule has 0 radical (unpaired) electrons. The number of rotatable bonds is 4. The van der Waals surface area contributed by atoms with E-state index in [0.717, 1.165) is 48.0 Å². The summed E-state index contributed by atoms with van der Waals surface area (Å²) in [5.74, 6) is 0.719. The highest BCUT2D eigenvalue weighted by molar-refractivity contribution is 8.87. The van der Waals surface area contributed by atoms with Gasteiger partial charge in [0.15, 0.2) is 8.85 Å². The normalized spacial score (nSPS) is 22.5. The Morgan fingerprint density at radius 3 is 2.39 bits per heavy atom. The molecule has 0 aliphatic carbocycles. The maximum absolute atomic E-state index is 11.0. The molecule has 1 saturated heterocycles. The van der Waals surface area contributed by atoms with E-state index < -0.39 is 20.0 Å². The Hall–Kier alpha value is -0.650. The molecule has 7 nitrogen and oxygen atoms in total. The molecule has 3 rings (SSSR count). The van der Waals surface area contributed by atoms with E-state index in [1.54, 1.807) is 19.2 Å². The Morgan fingerprint density at radius 1 is 1.17 bits per heavy atom. The Bertz CT molecular complexity index is 639. The van der Waals surface area contributed by atoms with E-state index >= 15 is 0 Å². The van der Waals surface area contributed by atoms with E-state index in [0.29, 0.717) is 10.2 Å². The molecule has 23 heavy (non-hydrogen) atoms. The fourth-order valence-electron chi connectivity index (χ4n) is 2.29. The number of hydrogen-bond acceptors (Lipinski definition) is 8. The summed E-state index contributed by atoms with van der Waals surface area (Å²) in [6, 6.07) is 7.27. The Morgan fingerprint density at radius 2 is 1.83 bits per heavy atom. The molecule has 1 aromatic rings. The molecule has 126 valence electrons. The van der Waals surface area contributed by atoms with Gasteiger partial charge in [0.2, 0.25) is 9.80 Å². The summed E-state index contributed by atoms with van der Waals surface area (Å²) in [6.07, 6.45) is 2.03. The second kappa shape index (κ2) is 7.08. The van der Waals surface area contributed by atoms with Crippen LogP contribution in [0.2, 0.25) is 0 Å². The molecule has 2 aliphatic rings. The first-order valence-corrected chi connectivity index (χ1v) is 10.6. The van der Waals surface area contributed by atoms with Gasteiger partial charge in [-0.15, -0.1) is 0 Å². The third kappa shape index (κ3) is 4.25.